The summed E-state index contributed by atoms with van der Waals surface area (Å²) in [4.78, 5) is 0. The van der Waals surface area contributed by atoms with Crippen LogP contribution in [0.4, 0.5) is 0 Å². The maximum atomic E-state index is 6.35. The third-order valence-corrected chi connectivity index (χ3v) is 3.98. The molecule has 3 heteroatoms. The van der Waals surface area contributed by atoms with Crippen molar-refractivity contribution in [1.82, 2.24) is 4.42 Å². The van der Waals surface area contributed by atoms with Crippen molar-refractivity contribution in [2.45, 2.75) is 57.2 Å². The van der Waals surface area contributed by atoms with Gasteiger partial charge in [0.1, 0.15) is 5.72 Å². The maximum absolute atomic E-state index is 6.35. The number of hydrogen-bond donors (Lipinski definition) is 0. The molecule has 1 heterocycles. The molecule has 13 heavy (non-hydrogen) atoms. The summed E-state index contributed by atoms with van der Waals surface area (Å²) in [6.07, 6.45) is 6.02. The number of ether oxygens (including phenoxy) is 1. The minimum Gasteiger partial charge on any atom is -0.357 e. The van der Waals surface area contributed by atoms with E-state index in [0.29, 0.717) is 0 Å². The van der Waals surface area contributed by atoms with E-state index in [9.17, 15) is 0 Å². The van der Waals surface area contributed by atoms with E-state index in [2.05, 4.69) is 13.8 Å². The molecule has 0 aromatic heterocycles. The first-order chi connectivity index (χ1) is 6.07. The molecule has 76 valence electrons. The SMILES string of the molecule is CC1(C)COC2(CCCCC2)N1Cl. The molecule has 2 nitrogen and oxygen atoms in total. The molecule has 2 fully saturated rings. The fraction of sp³-hybridized carbons (Fsp3) is 1.00. The molecule has 0 amide bonds. The number of halogens is 1. The standard InChI is InChI=1S/C10H18ClNO/c1-9(2)8-13-10(12(9)11)6-4-3-5-7-10/h3-8H2,1-2H3. The second-order valence-electron chi connectivity index (χ2n) is 4.89. The van der Waals surface area contributed by atoms with Gasteiger partial charge in [0.05, 0.1) is 12.1 Å². The third-order valence-electron chi connectivity index (χ3n) is 3.22. The molecule has 0 radical (unpaired) electrons. The molecule has 1 saturated heterocycles. The third kappa shape index (κ3) is 1.49. The molecule has 2 rings (SSSR count). The van der Waals surface area contributed by atoms with E-state index in [-0.39, 0.29) is 11.3 Å². The summed E-state index contributed by atoms with van der Waals surface area (Å²) >= 11 is 6.35. The van der Waals surface area contributed by atoms with Crippen molar-refractivity contribution >= 4 is 11.8 Å². The van der Waals surface area contributed by atoms with Gasteiger partial charge in [-0.25, -0.2) is 0 Å². The first kappa shape index (κ1) is 9.75. The molecule has 0 aromatic carbocycles. The molecular formula is C10H18ClNO. The quantitative estimate of drug-likeness (QED) is 0.562. The zero-order valence-corrected chi connectivity index (χ0v) is 9.23. The Balaban J connectivity index is 2.15. The maximum Gasteiger partial charge on any atom is 0.135 e. The molecule has 0 aromatic rings. The molecule has 1 aliphatic carbocycles. The van der Waals surface area contributed by atoms with Crippen LogP contribution in [0.25, 0.3) is 0 Å². The van der Waals surface area contributed by atoms with Gasteiger partial charge < -0.3 is 4.74 Å². The largest absolute Gasteiger partial charge is 0.357 e. The highest BCUT2D eigenvalue weighted by Crippen LogP contribution is 2.45. The normalized spacial score (nSPS) is 32.5. The number of nitrogens with zero attached hydrogens (tertiary/aromatic N) is 1. The predicted octanol–water partition coefficient (Wildman–Crippen LogP) is 2.91. The van der Waals surface area contributed by atoms with Gasteiger partial charge in [-0.3, -0.25) is 0 Å². The Kier molecular flexibility index (Phi) is 2.33. The Morgan fingerprint density at radius 2 is 1.77 bits per heavy atom. The van der Waals surface area contributed by atoms with Crippen LogP contribution in [0.2, 0.25) is 0 Å². The molecule has 0 atom stereocenters. The Hall–Kier alpha value is 0.210. The number of hydrogen-bond acceptors (Lipinski definition) is 2. The van der Waals surface area contributed by atoms with Crippen LogP contribution in [0.1, 0.15) is 46.0 Å². The Morgan fingerprint density at radius 1 is 1.15 bits per heavy atom. The summed E-state index contributed by atoms with van der Waals surface area (Å²) in [6.45, 7) is 5.04. The van der Waals surface area contributed by atoms with Crippen molar-refractivity contribution in [3.8, 4) is 0 Å². The Labute approximate surface area is 85.3 Å². The average molecular weight is 204 g/mol. The minimum absolute atomic E-state index is 0.00110. The van der Waals surface area contributed by atoms with E-state index in [1.165, 1.54) is 19.3 Å². The molecule has 1 spiro atoms. The Morgan fingerprint density at radius 3 is 2.23 bits per heavy atom. The fourth-order valence-corrected chi connectivity index (χ4v) is 2.69. The van der Waals surface area contributed by atoms with Crippen molar-refractivity contribution in [3.63, 3.8) is 0 Å². The van der Waals surface area contributed by atoms with Crippen molar-refractivity contribution in [2.24, 2.45) is 0 Å². The monoisotopic (exact) mass is 203 g/mol. The van der Waals surface area contributed by atoms with Crippen LogP contribution in [-0.4, -0.2) is 22.3 Å². The van der Waals surface area contributed by atoms with Crippen molar-refractivity contribution in [3.05, 3.63) is 0 Å². The minimum atomic E-state index is -0.136. The van der Waals surface area contributed by atoms with E-state index in [1.807, 2.05) is 4.42 Å². The van der Waals surface area contributed by atoms with Gasteiger partial charge in [-0.1, -0.05) is 6.42 Å². The van der Waals surface area contributed by atoms with Crippen molar-refractivity contribution in [2.75, 3.05) is 6.61 Å². The number of rotatable bonds is 0. The van der Waals surface area contributed by atoms with Gasteiger partial charge in [-0.05, 0) is 51.3 Å². The highest BCUT2D eigenvalue weighted by Gasteiger charge is 2.51. The zero-order chi connectivity index (χ0) is 9.53. The smallest absolute Gasteiger partial charge is 0.135 e. The lowest BCUT2D eigenvalue weighted by Crippen LogP contribution is -2.47. The predicted molar refractivity (Wildman–Crippen MR) is 53.5 cm³/mol. The summed E-state index contributed by atoms with van der Waals surface area (Å²) in [5, 5.41) is 0. The van der Waals surface area contributed by atoms with Crippen LogP contribution in [0, 0.1) is 0 Å². The van der Waals surface area contributed by atoms with Gasteiger partial charge in [0.2, 0.25) is 0 Å². The lowest BCUT2D eigenvalue weighted by atomic mass is 9.91. The van der Waals surface area contributed by atoms with Gasteiger partial charge in [0, 0.05) is 0 Å². The van der Waals surface area contributed by atoms with E-state index >= 15 is 0 Å². The highest BCUT2D eigenvalue weighted by atomic mass is 35.5. The van der Waals surface area contributed by atoms with Gasteiger partial charge in [-0.2, -0.15) is 4.42 Å². The van der Waals surface area contributed by atoms with Gasteiger partial charge in [0.25, 0.3) is 0 Å². The molecule has 0 unspecified atom stereocenters. The van der Waals surface area contributed by atoms with Crippen LogP contribution < -0.4 is 0 Å². The topological polar surface area (TPSA) is 12.5 Å². The van der Waals surface area contributed by atoms with E-state index in [1.54, 1.807) is 0 Å². The lowest BCUT2D eigenvalue weighted by Gasteiger charge is -2.39. The first-order valence-electron chi connectivity index (χ1n) is 5.17. The summed E-state index contributed by atoms with van der Waals surface area (Å²) < 4.78 is 7.83. The van der Waals surface area contributed by atoms with Gasteiger partial charge in [0.15, 0.2) is 0 Å². The van der Waals surface area contributed by atoms with Crippen molar-refractivity contribution in [1.29, 1.82) is 0 Å². The van der Waals surface area contributed by atoms with E-state index < -0.39 is 0 Å². The molecule has 0 bridgehead atoms. The van der Waals surface area contributed by atoms with Gasteiger partial charge in [-0.15, -0.1) is 0 Å². The van der Waals surface area contributed by atoms with Crippen LogP contribution in [-0.2, 0) is 4.74 Å². The first-order valence-corrected chi connectivity index (χ1v) is 5.51. The molecule has 2 aliphatic rings. The highest BCUT2D eigenvalue weighted by molar-refractivity contribution is 6.14. The summed E-state index contributed by atoms with van der Waals surface area (Å²) in [6, 6.07) is 0. The zero-order valence-electron chi connectivity index (χ0n) is 8.48. The second-order valence-corrected chi connectivity index (χ2v) is 5.23. The van der Waals surface area contributed by atoms with Crippen LogP contribution in [0.5, 0.6) is 0 Å². The molecule has 0 N–H and O–H groups in total. The summed E-state index contributed by atoms with van der Waals surface area (Å²) in [5.41, 5.74) is -0.137. The molecular weight excluding hydrogens is 186 g/mol. The average Bonchev–Trinajstić information content (AvgIpc) is 2.33. The summed E-state index contributed by atoms with van der Waals surface area (Å²) in [5.74, 6) is 0. The van der Waals surface area contributed by atoms with Gasteiger partial charge >= 0.3 is 0 Å². The Bertz CT molecular complexity index is 199. The summed E-state index contributed by atoms with van der Waals surface area (Å²) in [7, 11) is 0. The van der Waals surface area contributed by atoms with Crippen molar-refractivity contribution < 1.29 is 4.74 Å². The van der Waals surface area contributed by atoms with Crippen LogP contribution in [0.3, 0.4) is 0 Å². The van der Waals surface area contributed by atoms with Crippen LogP contribution in [0.15, 0.2) is 0 Å². The van der Waals surface area contributed by atoms with Crippen LogP contribution >= 0.6 is 11.8 Å². The second kappa shape index (κ2) is 3.11. The fourth-order valence-electron chi connectivity index (χ4n) is 2.42. The molecule has 1 saturated carbocycles. The lowest BCUT2D eigenvalue weighted by molar-refractivity contribution is -0.0777. The van der Waals surface area contributed by atoms with E-state index in [4.69, 9.17) is 16.5 Å². The van der Waals surface area contributed by atoms with E-state index in [0.717, 1.165) is 19.4 Å². The molecule has 1 aliphatic heterocycles.